The fourth-order valence-corrected chi connectivity index (χ4v) is 4.48. The summed E-state index contributed by atoms with van der Waals surface area (Å²) in [5.41, 5.74) is 1.03. The van der Waals surface area contributed by atoms with E-state index in [4.69, 9.17) is 9.47 Å². The molecule has 0 atom stereocenters. The summed E-state index contributed by atoms with van der Waals surface area (Å²) in [5.74, 6) is 1.31. The van der Waals surface area contributed by atoms with Crippen LogP contribution < -0.4 is 14.8 Å². The van der Waals surface area contributed by atoms with E-state index in [1.807, 2.05) is 12.3 Å². The third-order valence-corrected chi connectivity index (χ3v) is 6.17. The highest BCUT2D eigenvalue weighted by atomic mass is 32.1. The Bertz CT molecular complexity index is 903. The number of benzene rings is 1. The van der Waals surface area contributed by atoms with Gasteiger partial charge in [-0.1, -0.05) is 0 Å². The molecule has 0 saturated carbocycles. The average molecular weight is 401 g/mol. The maximum Gasteiger partial charge on any atom is 0.240 e. The number of fused-ring (bicyclic) bond motifs is 1. The van der Waals surface area contributed by atoms with Gasteiger partial charge in [0, 0.05) is 37.4 Å². The molecule has 0 aliphatic carbocycles. The summed E-state index contributed by atoms with van der Waals surface area (Å²) in [4.78, 5) is 31.2. The molecule has 7 nitrogen and oxygen atoms in total. The van der Waals surface area contributed by atoms with E-state index in [0.29, 0.717) is 61.1 Å². The molecule has 2 aliphatic heterocycles. The van der Waals surface area contributed by atoms with Crippen molar-refractivity contribution in [2.24, 2.45) is 0 Å². The van der Waals surface area contributed by atoms with E-state index in [-0.39, 0.29) is 11.7 Å². The molecule has 4 rings (SSSR count). The van der Waals surface area contributed by atoms with E-state index < -0.39 is 5.60 Å². The van der Waals surface area contributed by atoms with Gasteiger partial charge in [0.2, 0.25) is 5.91 Å². The number of ether oxygens (including phenoxy) is 2. The summed E-state index contributed by atoms with van der Waals surface area (Å²) in [6, 6.07) is 5.33. The third-order valence-electron chi connectivity index (χ3n) is 5.30. The van der Waals surface area contributed by atoms with Crippen LogP contribution in [0.5, 0.6) is 11.5 Å². The van der Waals surface area contributed by atoms with Gasteiger partial charge in [0.15, 0.2) is 10.9 Å². The Morgan fingerprint density at radius 3 is 2.86 bits per heavy atom. The van der Waals surface area contributed by atoms with Crippen LogP contribution in [0.4, 0.5) is 5.13 Å². The highest BCUT2D eigenvalue weighted by Crippen LogP contribution is 2.40. The van der Waals surface area contributed by atoms with Crippen LogP contribution in [0.2, 0.25) is 0 Å². The Kier molecular flexibility index (Phi) is 5.07. The summed E-state index contributed by atoms with van der Waals surface area (Å²) in [5, 5.41) is 5.38. The second-order valence-electron chi connectivity index (χ2n) is 7.37. The smallest absolute Gasteiger partial charge is 0.240 e. The number of likely N-dealkylation sites (tertiary alicyclic amines) is 1. The number of hydrogen-bond donors (Lipinski definition) is 1. The number of anilines is 1. The lowest BCUT2D eigenvalue weighted by molar-refractivity contribution is -0.118. The number of ketones is 1. The maximum atomic E-state index is 12.6. The van der Waals surface area contributed by atoms with Crippen molar-refractivity contribution in [1.29, 1.82) is 0 Å². The number of aryl methyl sites for hydroxylation is 1. The number of aromatic nitrogens is 1. The van der Waals surface area contributed by atoms with Gasteiger partial charge in [0.05, 0.1) is 31.3 Å². The second-order valence-corrected chi connectivity index (χ2v) is 8.22. The first kappa shape index (κ1) is 18.9. The first-order valence-electron chi connectivity index (χ1n) is 9.31. The quantitative estimate of drug-likeness (QED) is 0.849. The highest BCUT2D eigenvalue weighted by Gasteiger charge is 2.43. The molecule has 148 valence electrons. The predicted octanol–water partition coefficient (Wildman–Crippen LogP) is 2.90. The summed E-state index contributed by atoms with van der Waals surface area (Å²) in [6.07, 6.45) is 1.79. The van der Waals surface area contributed by atoms with Crippen LogP contribution in [0, 0.1) is 6.92 Å². The van der Waals surface area contributed by atoms with Gasteiger partial charge >= 0.3 is 0 Å². The highest BCUT2D eigenvalue weighted by molar-refractivity contribution is 7.13. The SMILES string of the molecule is COc1ccc2c(c1)OC1(CCN(CC(=O)Nc3nc(C)cs3)CC1)CC2=O. The minimum Gasteiger partial charge on any atom is -0.497 e. The van der Waals surface area contributed by atoms with E-state index in [1.54, 1.807) is 25.3 Å². The Hall–Kier alpha value is -2.45. The molecule has 8 heteroatoms. The van der Waals surface area contributed by atoms with Gasteiger partial charge in [-0.2, -0.15) is 0 Å². The number of carbonyl (C=O) groups is 2. The number of rotatable bonds is 4. The van der Waals surface area contributed by atoms with E-state index in [0.717, 1.165) is 5.69 Å². The zero-order chi connectivity index (χ0) is 19.7. The molecule has 1 spiro atoms. The van der Waals surface area contributed by atoms with E-state index >= 15 is 0 Å². The molecule has 2 aliphatic rings. The minimum absolute atomic E-state index is 0.0685. The lowest BCUT2D eigenvalue weighted by atomic mass is 9.82. The molecule has 1 fully saturated rings. The molecular weight excluding hydrogens is 378 g/mol. The van der Waals surface area contributed by atoms with Crippen molar-refractivity contribution in [2.75, 3.05) is 32.1 Å². The van der Waals surface area contributed by atoms with Gasteiger partial charge in [0.25, 0.3) is 0 Å². The fraction of sp³-hybridized carbons (Fsp3) is 0.450. The number of nitrogens with one attached hydrogen (secondary N) is 1. The monoisotopic (exact) mass is 401 g/mol. The Balaban J connectivity index is 1.36. The van der Waals surface area contributed by atoms with Crippen molar-refractivity contribution in [3.05, 3.63) is 34.8 Å². The van der Waals surface area contributed by atoms with Gasteiger partial charge < -0.3 is 14.8 Å². The van der Waals surface area contributed by atoms with Crippen molar-refractivity contribution >= 4 is 28.2 Å². The lowest BCUT2D eigenvalue weighted by Crippen LogP contribution is -2.52. The Labute approximate surface area is 167 Å². The molecule has 1 aromatic heterocycles. The van der Waals surface area contributed by atoms with Crippen molar-refractivity contribution < 1.29 is 19.1 Å². The van der Waals surface area contributed by atoms with Crippen LogP contribution in [0.1, 0.15) is 35.3 Å². The third kappa shape index (κ3) is 3.88. The zero-order valence-corrected chi connectivity index (χ0v) is 16.8. The molecule has 2 aromatic rings. The van der Waals surface area contributed by atoms with Gasteiger partial charge in [-0.25, -0.2) is 4.98 Å². The summed E-state index contributed by atoms with van der Waals surface area (Å²) in [6.45, 7) is 3.62. The van der Waals surface area contributed by atoms with Crippen molar-refractivity contribution in [1.82, 2.24) is 9.88 Å². The van der Waals surface area contributed by atoms with Crippen LogP contribution in [0.15, 0.2) is 23.6 Å². The minimum atomic E-state index is -0.490. The molecule has 1 amide bonds. The van der Waals surface area contributed by atoms with Gasteiger partial charge in [-0.05, 0) is 19.1 Å². The summed E-state index contributed by atoms with van der Waals surface area (Å²) >= 11 is 1.42. The number of amides is 1. The van der Waals surface area contributed by atoms with Crippen LogP contribution in [0.3, 0.4) is 0 Å². The van der Waals surface area contributed by atoms with Crippen molar-refractivity contribution in [3.63, 3.8) is 0 Å². The normalized spacial score (nSPS) is 18.4. The molecule has 1 aromatic carbocycles. The topological polar surface area (TPSA) is 80.8 Å². The van der Waals surface area contributed by atoms with E-state index in [9.17, 15) is 9.59 Å². The molecule has 1 saturated heterocycles. The first-order valence-corrected chi connectivity index (χ1v) is 10.2. The number of thiazole rings is 1. The summed E-state index contributed by atoms with van der Waals surface area (Å²) < 4.78 is 11.5. The lowest BCUT2D eigenvalue weighted by Gasteiger charge is -2.43. The molecule has 0 radical (unpaired) electrons. The zero-order valence-electron chi connectivity index (χ0n) is 16.0. The van der Waals surface area contributed by atoms with E-state index in [1.165, 1.54) is 11.3 Å². The molecule has 28 heavy (non-hydrogen) atoms. The number of carbonyl (C=O) groups excluding carboxylic acids is 2. The Morgan fingerprint density at radius 2 is 2.18 bits per heavy atom. The molecule has 0 unspecified atom stereocenters. The fourth-order valence-electron chi connectivity index (χ4n) is 3.77. The standard InChI is InChI=1S/C20H23N3O4S/c1-13-12-28-19(21-13)22-18(25)11-23-7-5-20(6-8-23)10-16(24)15-4-3-14(26-2)9-17(15)27-20/h3-4,9,12H,5-8,10-11H2,1-2H3,(H,21,22,25). The molecule has 3 heterocycles. The largest absolute Gasteiger partial charge is 0.497 e. The van der Waals surface area contributed by atoms with Crippen LogP contribution in [-0.2, 0) is 4.79 Å². The maximum absolute atomic E-state index is 12.6. The molecule has 0 bridgehead atoms. The van der Waals surface area contributed by atoms with Crippen molar-refractivity contribution in [3.8, 4) is 11.5 Å². The van der Waals surface area contributed by atoms with Gasteiger partial charge in [-0.15, -0.1) is 11.3 Å². The predicted molar refractivity (Wildman–Crippen MR) is 106 cm³/mol. The summed E-state index contributed by atoms with van der Waals surface area (Å²) in [7, 11) is 1.60. The van der Waals surface area contributed by atoms with Crippen LogP contribution >= 0.6 is 11.3 Å². The number of piperidine rings is 1. The van der Waals surface area contributed by atoms with Crippen LogP contribution in [0.25, 0.3) is 0 Å². The second kappa shape index (κ2) is 7.52. The first-order chi connectivity index (χ1) is 13.5. The molecule has 1 N–H and O–H groups in total. The number of nitrogens with zero attached hydrogens (tertiary/aromatic N) is 2. The van der Waals surface area contributed by atoms with Crippen LogP contribution in [-0.4, -0.2) is 53.9 Å². The number of Topliss-reactive ketones (excluding diaryl/α,β-unsaturated/α-hetero) is 1. The van der Waals surface area contributed by atoms with E-state index in [2.05, 4.69) is 15.2 Å². The molecular formula is C20H23N3O4S. The van der Waals surface area contributed by atoms with Gasteiger partial charge in [-0.3, -0.25) is 14.5 Å². The number of methoxy groups -OCH3 is 1. The number of hydrogen-bond acceptors (Lipinski definition) is 7. The van der Waals surface area contributed by atoms with Gasteiger partial charge in [0.1, 0.15) is 17.1 Å². The van der Waals surface area contributed by atoms with Crippen molar-refractivity contribution in [2.45, 2.75) is 31.8 Å². The Morgan fingerprint density at radius 1 is 1.39 bits per heavy atom. The average Bonchev–Trinajstić information content (AvgIpc) is 3.08.